The molecule has 0 spiro atoms. The van der Waals surface area contributed by atoms with E-state index in [0.29, 0.717) is 11.9 Å². The maximum atomic E-state index is 5.33. The molecular formula is C9H13NO. The molecule has 0 radical (unpaired) electrons. The molecule has 0 aliphatic heterocycles. The van der Waals surface area contributed by atoms with Crippen LogP contribution in [0.3, 0.4) is 0 Å². The van der Waals surface area contributed by atoms with Crippen molar-refractivity contribution >= 4 is 6.21 Å². The Hall–Kier alpha value is -1.05. The summed E-state index contributed by atoms with van der Waals surface area (Å²) in [7, 11) is 0. The fourth-order valence-corrected chi connectivity index (χ4v) is 0.613. The van der Waals surface area contributed by atoms with Gasteiger partial charge in [0.1, 0.15) is 5.76 Å². The number of hydrogen-bond acceptors (Lipinski definition) is 2. The van der Waals surface area contributed by atoms with Crippen LogP contribution in [0.25, 0.3) is 0 Å². The van der Waals surface area contributed by atoms with Crippen LogP contribution in [0.2, 0.25) is 0 Å². The van der Waals surface area contributed by atoms with Crippen LogP contribution in [-0.4, -0.2) is 12.3 Å². The highest BCUT2D eigenvalue weighted by atomic mass is 16.5. The van der Waals surface area contributed by atoms with Crippen LogP contribution < -0.4 is 0 Å². The molecule has 0 atom stereocenters. The minimum Gasteiger partial charge on any atom is -0.489 e. The second-order valence-corrected chi connectivity index (χ2v) is 2.78. The van der Waals surface area contributed by atoms with Gasteiger partial charge in [0.15, 0.2) is 0 Å². The van der Waals surface area contributed by atoms with Gasteiger partial charge in [-0.25, -0.2) is 0 Å². The SMILES string of the molecule is C=C(C)N=CC(=C)OC1CC1. The lowest BCUT2D eigenvalue weighted by Gasteiger charge is -2.00. The van der Waals surface area contributed by atoms with E-state index in [-0.39, 0.29) is 0 Å². The van der Waals surface area contributed by atoms with Crippen LogP contribution in [0.5, 0.6) is 0 Å². The molecule has 0 aromatic rings. The summed E-state index contributed by atoms with van der Waals surface area (Å²) < 4.78 is 5.33. The molecule has 2 nitrogen and oxygen atoms in total. The van der Waals surface area contributed by atoms with Gasteiger partial charge in [-0.05, 0) is 19.8 Å². The molecule has 0 aromatic heterocycles. The van der Waals surface area contributed by atoms with Crippen molar-refractivity contribution in [1.82, 2.24) is 0 Å². The van der Waals surface area contributed by atoms with Gasteiger partial charge in [-0.1, -0.05) is 13.2 Å². The Bertz CT molecular complexity index is 202. The van der Waals surface area contributed by atoms with Crippen molar-refractivity contribution < 1.29 is 4.74 Å². The quantitative estimate of drug-likeness (QED) is 0.446. The van der Waals surface area contributed by atoms with Crippen molar-refractivity contribution in [2.45, 2.75) is 25.9 Å². The molecule has 60 valence electrons. The zero-order valence-corrected chi connectivity index (χ0v) is 6.84. The van der Waals surface area contributed by atoms with Crippen molar-refractivity contribution in [1.29, 1.82) is 0 Å². The third kappa shape index (κ3) is 3.61. The standard InChI is InChI=1S/C9H13NO/c1-7(2)10-6-8(3)11-9-4-5-9/h6,9H,1,3-5H2,2H3. The van der Waals surface area contributed by atoms with Gasteiger partial charge < -0.3 is 4.74 Å². The van der Waals surface area contributed by atoms with E-state index in [9.17, 15) is 0 Å². The van der Waals surface area contributed by atoms with E-state index in [1.807, 2.05) is 6.92 Å². The minimum absolute atomic E-state index is 0.402. The summed E-state index contributed by atoms with van der Waals surface area (Å²) in [5, 5.41) is 0. The van der Waals surface area contributed by atoms with Crippen molar-refractivity contribution in [2.75, 3.05) is 0 Å². The van der Waals surface area contributed by atoms with Gasteiger partial charge in [0.2, 0.25) is 0 Å². The summed E-state index contributed by atoms with van der Waals surface area (Å²) in [6, 6.07) is 0. The third-order valence-corrected chi connectivity index (χ3v) is 1.27. The van der Waals surface area contributed by atoms with Gasteiger partial charge in [0.25, 0.3) is 0 Å². The molecule has 0 N–H and O–H groups in total. The van der Waals surface area contributed by atoms with Crippen LogP contribution in [0.1, 0.15) is 19.8 Å². The smallest absolute Gasteiger partial charge is 0.130 e. The van der Waals surface area contributed by atoms with Crippen LogP contribution >= 0.6 is 0 Å². The molecule has 0 bridgehead atoms. The number of hydrogen-bond donors (Lipinski definition) is 0. The van der Waals surface area contributed by atoms with Gasteiger partial charge in [-0.2, -0.15) is 0 Å². The number of rotatable bonds is 4. The molecule has 1 rings (SSSR count). The predicted molar refractivity (Wildman–Crippen MR) is 46.6 cm³/mol. The highest BCUT2D eigenvalue weighted by molar-refractivity contribution is 5.75. The molecule has 0 amide bonds. The molecule has 0 saturated heterocycles. The normalized spacial score (nSPS) is 16.8. The van der Waals surface area contributed by atoms with Crippen LogP contribution in [0, 0.1) is 0 Å². The second-order valence-electron chi connectivity index (χ2n) is 2.78. The molecule has 2 heteroatoms. The molecule has 0 heterocycles. The van der Waals surface area contributed by atoms with E-state index in [1.54, 1.807) is 6.21 Å². The summed E-state index contributed by atoms with van der Waals surface area (Å²) in [6.07, 6.45) is 4.32. The van der Waals surface area contributed by atoms with Crippen molar-refractivity contribution in [3.63, 3.8) is 0 Å². The molecule has 1 fully saturated rings. The number of nitrogens with zero attached hydrogens (tertiary/aromatic N) is 1. The van der Waals surface area contributed by atoms with Crippen molar-refractivity contribution in [3.05, 3.63) is 24.6 Å². The van der Waals surface area contributed by atoms with Crippen LogP contribution in [0.4, 0.5) is 0 Å². The Balaban J connectivity index is 2.23. The molecule has 1 aliphatic carbocycles. The first kappa shape index (κ1) is 8.05. The minimum atomic E-state index is 0.402. The van der Waals surface area contributed by atoms with Gasteiger partial charge >= 0.3 is 0 Å². The van der Waals surface area contributed by atoms with Crippen molar-refractivity contribution in [2.24, 2.45) is 4.99 Å². The van der Waals surface area contributed by atoms with Gasteiger partial charge in [0.05, 0.1) is 12.3 Å². The zero-order chi connectivity index (χ0) is 8.27. The van der Waals surface area contributed by atoms with Gasteiger partial charge in [-0.3, -0.25) is 4.99 Å². The van der Waals surface area contributed by atoms with E-state index >= 15 is 0 Å². The highest BCUT2D eigenvalue weighted by Gasteiger charge is 2.23. The summed E-state index contributed by atoms with van der Waals surface area (Å²) in [6.45, 7) is 9.16. The van der Waals surface area contributed by atoms with Crippen LogP contribution in [-0.2, 0) is 4.74 Å². The Morgan fingerprint density at radius 3 is 2.64 bits per heavy atom. The third-order valence-electron chi connectivity index (χ3n) is 1.27. The van der Waals surface area contributed by atoms with Gasteiger partial charge in [-0.15, -0.1) is 0 Å². The van der Waals surface area contributed by atoms with E-state index in [4.69, 9.17) is 4.74 Å². The maximum absolute atomic E-state index is 5.33. The molecule has 1 aliphatic rings. The summed E-state index contributed by atoms with van der Waals surface area (Å²) in [4.78, 5) is 3.96. The first-order chi connectivity index (χ1) is 5.18. The summed E-state index contributed by atoms with van der Waals surface area (Å²) in [5.74, 6) is 0.635. The zero-order valence-electron chi connectivity index (χ0n) is 6.84. The van der Waals surface area contributed by atoms with Crippen molar-refractivity contribution in [3.8, 4) is 0 Å². The number of ether oxygens (including phenoxy) is 1. The Morgan fingerprint density at radius 2 is 2.18 bits per heavy atom. The first-order valence-corrected chi connectivity index (χ1v) is 3.73. The molecule has 1 saturated carbocycles. The lowest BCUT2D eigenvalue weighted by Crippen LogP contribution is -1.93. The average Bonchev–Trinajstić information content (AvgIpc) is 2.67. The monoisotopic (exact) mass is 151 g/mol. The second kappa shape index (κ2) is 3.37. The van der Waals surface area contributed by atoms with Crippen LogP contribution in [0.15, 0.2) is 29.6 Å². The topological polar surface area (TPSA) is 21.6 Å². The Morgan fingerprint density at radius 1 is 1.55 bits per heavy atom. The lowest BCUT2D eigenvalue weighted by atomic mass is 10.5. The van der Waals surface area contributed by atoms with E-state index in [1.165, 1.54) is 0 Å². The van der Waals surface area contributed by atoms with E-state index in [0.717, 1.165) is 18.5 Å². The Kier molecular flexibility index (Phi) is 2.47. The fraction of sp³-hybridized carbons (Fsp3) is 0.444. The number of allylic oxidation sites excluding steroid dienone is 2. The molecule has 0 aromatic carbocycles. The average molecular weight is 151 g/mol. The molecule has 0 unspecified atom stereocenters. The largest absolute Gasteiger partial charge is 0.489 e. The van der Waals surface area contributed by atoms with E-state index in [2.05, 4.69) is 18.2 Å². The number of aliphatic imine (C=N–C) groups is 1. The Labute approximate surface area is 67.3 Å². The maximum Gasteiger partial charge on any atom is 0.130 e. The summed E-state index contributed by atoms with van der Waals surface area (Å²) >= 11 is 0. The molecular weight excluding hydrogens is 138 g/mol. The molecule has 11 heavy (non-hydrogen) atoms. The predicted octanol–water partition coefficient (Wildman–Crippen LogP) is 2.28. The lowest BCUT2D eigenvalue weighted by molar-refractivity contribution is 0.218. The first-order valence-electron chi connectivity index (χ1n) is 3.73. The van der Waals surface area contributed by atoms with E-state index < -0.39 is 0 Å². The fourth-order valence-electron chi connectivity index (χ4n) is 0.613. The van der Waals surface area contributed by atoms with Gasteiger partial charge in [0, 0.05) is 5.70 Å². The summed E-state index contributed by atoms with van der Waals surface area (Å²) in [5.41, 5.74) is 0.769. The highest BCUT2D eigenvalue weighted by Crippen LogP contribution is 2.25.